The van der Waals surface area contributed by atoms with Crippen LogP contribution < -0.4 is 11.2 Å². The van der Waals surface area contributed by atoms with E-state index in [1.165, 1.54) is 19.4 Å². The van der Waals surface area contributed by atoms with E-state index in [4.69, 9.17) is 0 Å². The zero-order chi connectivity index (χ0) is 17.0. The molecule has 3 aromatic rings. The van der Waals surface area contributed by atoms with Crippen LogP contribution in [0.2, 0.25) is 0 Å². The summed E-state index contributed by atoms with van der Waals surface area (Å²) in [5, 5.41) is 1.31. The van der Waals surface area contributed by atoms with Gasteiger partial charge in [-0.15, -0.1) is 0 Å². The Bertz CT molecular complexity index is 1050. The highest BCUT2D eigenvalue weighted by Crippen LogP contribution is 2.32. The summed E-state index contributed by atoms with van der Waals surface area (Å²) in [4.78, 5) is 37.3. The minimum Gasteiger partial charge on any atom is -0.346 e. The van der Waals surface area contributed by atoms with Crippen LogP contribution in [0.25, 0.3) is 21.9 Å². The highest BCUT2D eigenvalue weighted by Gasteiger charge is 2.28. The van der Waals surface area contributed by atoms with E-state index in [1.54, 1.807) is 17.0 Å². The van der Waals surface area contributed by atoms with Gasteiger partial charge in [-0.1, -0.05) is 0 Å². The maximum Gasteiger partial charge on any atom is 0.329 e. The molecule has 7 nitrogen and oxygen atoms in total. The average Bonchev–Trinajstić information content (AvgIpc) is 3.28. The first-order valence-electron chi connectivity index (χ1n) is 9.03. The Hall–Kier alpha value is -2.41. The number of aromatic nitrogens is 4. The lowest BCUT2D eigenvalue weighted by Crippen LogP contribution is -2.40. The van der Waals surface area contributed by atoms with Gasteiger partial charge in [0.2, 0.25) is 0 Å². The van der Waals surface area contributed by atoms with Gasteiger partial charge >= 0.3 is 5.69 Å². The fourth-order valence-corrected chi connectivity index (χ4v) is 4.12. The van der Waals surface area contributed by atoms with Crippen molar-refractivity contribution in [2.75, 3.05) is 19.6 Å². The smallest absolute Gasteiger partial charge is 0.329 e. The maximum absolute atomic E-state index is 12.7. The molecule has 4 heterocycles. The van der Waals surface area contributed by atoms with E-state index in [2.05, 4.69) is 19.9 Å². The van der Waals surface area contributed by atoms with Gasteiger partial charge in [-0.25, -0.2) is 9.78 Å². The van der Waals surface area contributed by atoms with Crippen molar-refractivity contribution in [3.05, 3.63) is 39.3 Å². The number of likely N-dealkylation sites (tertiary alicyclic amines) is 1. The van der Waals surface area contributed by atoms with Crippen molar-refractivity contribution < 1.29 is 0 Å². The van der Waals surface area contributed by atoms with Crippen LogP contribution in [-0.4, -0.2) is 44.1 Å². The Morgan fingerprint density at radius 3 is 2.68 bits per heavy atom. The standard InChI is InChI=1S/C18H21N5O2/c24-17-14-9-20-16-13(3-6-19-16)15(14)23(18(25)21-17)12-4-7-22(8-5-12)10-11-1-2-11/h3,6,9,11-12H,1-2,4-5,7-8,10H2,(H,19,20)(H,21,24,25). The van der Waals surface area contributed by atoms with Gasteiger partial charge < -0.3 is 9.88 Å². The van der Waals surface area contributed by atoms with Gasteiger partial charge in [-0.3, -0.25) is 14.3 Å². The molecular formula is C18H21N5O2. The number of pyridine rings is 1. The quantitative estimate of drug-likeness (QED) is 0.759. The van der Waals surface area contributed by atoms with Crippen LogP contribution in [0, 0.1) is 5.92 Å². The second-order valence-corrected chi connectivity index (χ2v) is 7.36. The number of nitrogens with zero attached hydrogens (tertiary/aromatic N) is 3. The van der Waals surface area contributed by atoms with Crippen LogP contribution in [0.4, 0.5) is 0 Å². The molecule has 5 rings (SSSR count). The van der Waals surface area contributed by atoms with Gasteiger partial charge in [0.15, 0.2) is 0 Å². The van der Waals surface area contributed by atoms with Crippen molar-refractivity contribution in [2.45, 2.75) is 31.7 Å². The topological polar surface area (TPSA) is 86.8 Å². The summed E-state index contributed by atoms with van der Waals surface area (Å²) < 4.78 is 1.79. The van der Waals surface area contributed by atoms with E-state index in [9.17, 15) is 9.59 Å². The van der Waals surface area contributed by atoms with E-state index in [-0.39, 0.29) is 17.3 Å². The molecule has 2 aliphatic rings. The van der Waals surface area contributed by atoms with Crippen LogP contribution in [0.5, 0.6) is 0 Å². The number of aromatic amines is 2. The van der Waals surface area contributed by atoms with Gasteiger partial charge in [0, 0.05) is 43.5 Å². The lowest BCUT2D eigenvalue weighted by Gasteiger charge is -2.33. The van der Waals surface area contributed by atoms with Crippen molar-refractivity contribution in [2.24, 2.45) is 5.92 Å². The van der Waals surface area contributed by atoms with Gasteiger partial charge in [0.25, 0.3) is 5.56 Å². The summed E-state index contributed by atoms with van der Waals surface area (Å²) in [6.07, 6.45) is 7.95. The average molecular weight is 339 g/mol. The molecule has 2 N–H and O–H groups in total. The normalized spacial score (nSPS) is 19.8. The van der Waals surface area contributed by atoms with Crippen molar-refractivity contribution >= 4 is 21.9 Å². The van der Waals surface area contributed by atoms with E-state index < -0.39 is 0 Å². The van der Waals surface area contributed by atoms with Crippen LogP contribution in [0.15, 0.2) is 28.0 Å². The fourth-order valence-electron chi connectivity index (χ4n) is 4.12. The Labute approximate surface area is 143 Å². The van der Waals surface area contributed by atoms with Gasteiger partial charge in [0.1, 0.15) is 5.65 Å². The van der Waals surface area contributed by atoms with Crippen molar-refractivity contribution in [3.63, 3.8) is 0 Å². The molecule has 0 unspecified atom stereocenters. The lowest BCUT2D eigenvalue weighted by atomic mass is 10.0. The minimum absolute atomic E-state index is 0.114. The van der Waals surface area contributed by atoms with E-state index >= 15 is 0 Å². The maximum atomic E-state index is 12.7. The van der Waals surface area contributed by atoms with Crippen LogP contribution >= 0.6 is 0 Å². The third-order valence-electron chi connectivity index (χ3n) is 5.62. The number of hydrogen-bond acceptors (Lipinski definition) is 4. The zero-order valence-corrected chi connectivity index (χ0v) is 14.0. The Morgan fingerprint density at radius 2 is 1.92 bits per heavy atom. The molecule has 7 heteroatoms. The summed E-state index contributed by atoms with van der Waals surface area (Å²) >= 11 is 0. The first-order valence-corrected chi connectivity index (χ1v) is 9.03. The molecule has 25 heavy (non-hydrogen) atoms. The largest absolute Gasteiger partial charge is 0.346 e. The summed E-state index contributed by atoms with van der Waals surface area (Å²) in [6.45, 7) is 3.21. The molecule has 0 atom stereocenters. The number of nitrogens with one attached hydrogen (secondary N) is 2. The van der Waals surface area contributed by atoms with Crippen molar-refractivity contribution in [1.82, 2.24) is 24.4 Å². The van der Waals surface area contributed by atoms with Crippen LogP contribution in [0.1, 0.15) is 31.7 Å². The van der Waals surface area contributed by atoms with Crippen LogP contribution in [-0.2, 0) is 0 Å². The summed E-state index contributed by atoms with van der Waals surface area (Å²) in [7, 11) is 0. The molecule has 3 aromatic heterocycles. The monoisotopic (exact) mass is 339 g/mol. The van der Waals surface area contributed by atoms with E-state index in [1.807, 2.05) is 6.07 Å². The zero-order valence-electron chi connectivity index (χ0n) is 14.0. The number of piperidine rings is 1. The molecule has 0 bridgehead atoms. The molecule has 1 saturated heterocycles. The number of rotatable bonds is 3. The second-order valence-electron chi connectivity index (χ2n) is 7.36. The highest BCUT2D eigenvalue weighted by atomic mass is 16.2. The summed E-state index contributed by atoms with van der Waals surface area (Å²) in [6, 6.07) is 2.00. The summed E-state index contributed by atoms with van der Waals surface area (Å²) in [5.74, 6) is 0.888. The third kappa shape index (κ3) is 2.50. The highest BCUT2D eigenvalue weighted by molar-refractivity contribution is 6.01. The molecule has 0 amide bonds. The van der Waals surface area contributed by atoms with Crippen molar-refractivity contribution in [3.8, 4) is 0 Å². The lowest BCUT2D eigenvalue weighted by molar-refractivity contribution is 0.180. The minimum atomic E-state index is -0.363. The van der Waals surface area contributed by atoms with E-state index in [0.29, 0.717) is 16.6 Å². The Morgan fingerprint density at radius 1 is 1.12 bits per heavy atom. The Kier molecular flexibility index (Phi) is 3.31. The fraction of sp³-hybridized carbons (Fsp3) is 0.500. The van der Waals surface area contributed by atoms with Crippen LogP contribution in [0.3, 0.4) is 0 Å². The molecule has 1 saturated carbocycles. The molecule has 0 aromatic carbocycles. The number of H-pyrrole nitrogens is 2. The van der Waals surface area contributed by atoms with Gasteiger partial charge in [-0.2, -0.15) is 0 Å². The molecule has 2 fully saturated rings. The molecule has 1 aliphatic heterocycles. The number of hydrogen-bond donors (Lipinski definition) is 2. The molecule has 0 spiro atoms. The molecule has 1 aliphatic carbocycles. The number of fused-ring (bicyclic) bond motifs is 3. The second kappa shape index (κ2) is 5.56. The van der Waals surface area contributed by atoms with Gasteiger partial charge in [0.05, 0.1) is 10.9 Å². The molecule has 130 valence electrons. The van der Waals surface area contributed by atoms with Crippen molar-refractivity contribution in [1.29, 1.82) is 0 Å². The first kappa shape index (κ1) is 14.9. The summed E-state index contributed by atoms with van der Waals surface area (Å²) in [5.41, 5.74) is 0.739. The predicted octanol–water partition coefficient (Wildman–Crippen LogP) is 1.61. The molecular weight excluding hydrogens is 318 g/mol. The Balaban J connectivity index is 1.59. The van der Waals surface area contributed by atoms with Gasteiger partial charge in [-0.05, 0) is 37.7 Å². The predicted molar refractivity (Wildman–Crippen MR) is 95.9 cm³/mol. The SMILES string of the molecule is O=c1[nH]c(=O)n(C2CCN(CC3CC3)CC2)c2c1cnc1[nH]ccc12. The first-order chi connectivity index (χ1) is 12.2. The van der Waals surface area contributed by atoms with E-state index in [0.717, 1.165) is 37.2 Å². The molecule has 0 radical (unpaired) electrons. The third-order valence-corrected chi connectivity index (χ3v) is 5.62.